The summed E-state index contributed by atoms with van der Waals surface area (Å²) in [4.78, 5) is 83.4. The number of thiophene rings is 4. The molecular weight excluding hydrogens is 1450 g/mol. The van der Waals surface area contributed by atoms with Crippen LogP contribution in [0, 0.1) is 11.8 Å². The number of nitrogens with zero attached hydrogens (tertiary/aromatic N) is 6. The van der Waals surface area contributed by atoms with Crippen LogP contribution in [0.2, 0.25) is 0 Å². The number of carbonyl (C=O) groups is 2. The first-order chi connectivity index (χ1) is 54.0. The average molecular weight is 1570 g/mol. The number of imidazole rings is 2. The van der Waals surface area contributed by atoms with Crippen LogP contribution in [0.5, 0.6) is 11.5 Å². The summed E-state index contributed by atoms with van der Waals surface area (Å²) >= 11 is 6.55. The number of hydrogen-bond acceptors (Lipinski definition) is 12. The summed E-state index contributed by atoms with van der Waals surface area (Å²) in [7, 11) is 0. The molecule has 0 radical (unpaired) electrons. The van der Waals surface area contributed by atoms with E-state index in [1.807, 2.05) is 21.9 Å². The van der Waals surface area contributed by atoms with Gasteiger partial charge in [-0.2, -0.15) is 0 Å². The van der Waals surface area contributed by atoms with Crippen LogP contribution in [0.4, 0.5) is 0 Å². The molecule has 12 nitrogen and oxygen atoms in total. The summed E-state index contributed by atoms with van der Waals surface area (Å²) in [6.07, 6.45) is 33.0. The average Bonchev–Trinajstić information content (AvgIpc) is 1.62. The third-order valence-corrected chi connectivity index (χ3v) is 29.3. The monoisotopic (exact) mass is 1560 g/mol. The highest BCUT2D eigenvalue weighted by atomic mass is 32.1. The largest absolute Gasteiger partial charge is 0.493 e. The molecule has 2 amide bonds. The third-order valence-electron chi connectivity index (χ3n) is 24.3. The SMILES string of the molecule is CCCCCCCCC(C)COc1ccc(CCCCN2C(=O)C3=C(c4ccc(C(C)(CC)CCCCC)s4)N(CCCCc4ccc(OCC(C)CCCCCCCC)cc4)C(=O)C3=C2c2csc(-c3cc4c(nc5c6ccc7c8c(ccc(c(=O)n45)c68)c(=O)n4c5cc(C(C)(C)CCCCC)sc5nc74)s3)c2)cc1. The Hall–Kier alpha value is -7.76. The molecule has 0 N–H and O–H groups in total. The van der Waals surface area contributed by atoms with Gasteiger partial charge in [-0.25, -0.2) is 9.97 Å². The molecule has 16 heteroatoms. The van der Waals surface area contributed by atoms with E-state index in [0.29, 0.717) is 76.0 Å². The Morgan fingerprint density at radius 1 is 0.441 bits per heavy atom. The van der Waals surface area contributed by atoms with E-state index in [0.717, 1.165) is 158 Å². The predicted octanol–water partition coefficient (Wildman–Crippen LogP) is 25.7. The van der Waals surface area contributed by atoms with E-state index in [1.54, 1.807) is 42.8 Å². The normalized spacial score (nSPS) is 14.9. The summed E-state index contributed by atoms with van der Waals surface area (Å²) < 4.78 is 16.1. The lowest BCUT2D eigenvalue weighted by atomic mass is 9.81. The number of amides is 2. The predicted molar refractivity (Wildman–Crippen MR) is 470 cm³/mol. The van der Waals surface area contributed by atoms with Crippen LogP contribution in [0.3, 0.4) is 0 Å². The number of unbranched alkanes of at least 4 members (excludes halogenated alkanes) is 16. The highest BCUT2D eigenvalue weighted by Crippen LogP contribution is 2.52. The molecule has 586 valence electrons. The topological polar surface area (TPSA) is 128 Å². The first kappa shape index (κ1) is 79.9. The van der Waals surface area contributed by atoms with Gasteiger partial charge in [-0.15, -0.1) is 45.3 Å². The molecule has 14 rings (SSSR count). The molecule has 0 fully saturated rings. The number of ether oxygens (including phenoxy) is 2. The second-order valence-corrected chi connectivity index (χ2v) is 37.5. The summed E-state index contributed by atoms with van der Waals surface area (Å²) in [6, 6.07) is 35.8. The standard InChI is InChI=1S/C95H116N6O6S4/c1-11-16-20-22-24-26-34-62(6)59-106-67-42-38-64(39-43-67)36-28-32-54-98-84(82-83(93(98)105)85(75-50-51-78(109-75)95(10,15-5)53-31-19-14-4)99(92(82)104)55-33-29-37-65-40-44-68(45-41-65)107-60-63(7)35-27-25-23-21-17-12-2)66-56-76(108-61-66)77-57-73-88(110-77)96-86-69-46-47-70-81-72(49-48-71(80(69)81)90(102)100(73)86)91(103)101-74-58-79(111-89(74)97-87(70)101)94(8,9)52-30-18-13-3/h38-51,56-58,61-63H,11-37,52-55,59-60H2,1-10H3. The van der Waals surface area contributed by atoms with Crippen molar-refractivity contribution in [1.29, 1.82) is 0 Å². The number of rotatable bonds is 44. The van der Waals surface area contributed by atoms with Crippen molar-refractivity contribution >= 4 is 133 Å². The lowest BCUT2D eigenvalue weighted by Gasteiger charge is -2.27. The second kappa shape index (κ2) is 35.7. The van der Waals surface area contributed by atoms with Crippen LogP contribution in [0.1, 0.15) is 274 Å². The van der Waals surface area contributed by atoms with Gasteiger partial charge in [0, 0.05) is 81.3 Å². The number of fused-ring (bicyclic) bond motifs is 9. The highest BCUT2D eigenvalue weighted by molar-refractivity contribution is 7.25. The lowest BCUT2D eigenvalue weighted by molar-refractivity contribution is -0.124. The number of aryl methyl sites for hydroxylation is 2. The smallest absolute Gasteiger partial charge is 0.264 e. The third kappa shape index (κ3) is 16.8. The van der Waals surface area contributed by atoms with Crippen molar-refractivity contribution in [2.24, 2.45) is 11.8 Å². The molecule has 111 heavy (non-hydrogen) atoms. The maximum Gasteiger partial charge on any atom is 0.264 e. The van der Waals surface area contributed by atoms with Crippen LogP contribution in [-0.2, 0) is 33.3 Å². The lowest BCUT2D eigenvalue weighted by Crippen LogP contribution is -2.31. The maximum atomic E-state index is 16.0. The molecule has 3 unspecified atom stereocenters. The van der Waals surface area contributed by atoms with Crippen molar-refractivity contribution in [2.45, 2.75) is 266 Å². The van der Waals surface area contributed by atoms with Gasteiger partial charge in [-0.1, -0.05) is 209 Å². The minimum Gasteiger partial charge on any atom is -0.493 e. The molecule has 2 aliphatic rings. The van der Waals surface area contributed by atoms with Gasteiger partial charge in [0.1, 0.15) is 32.5 Å². The Labute approximate surface area is 673 Å². The molecule has 10 heterocycles. The Morgan fingerprint density at radius 2 is 0.919 bits per heavy atom. The van der Waals surface area contributed by atoms with Gasteiger partial charge in [-0.05, 0) is 178 Å². The summed E-state index contributed by atoms with van der Waals surface area (Å²) in [5, 5.41) is 6.31. The van der Waals surface area contributed by atoms with Crippen molar-refractivity contribution in [1.82, 2.24) is 28.6 Å². The maximum absolute atomic E-state index is 16.0. The van der Waals surface area contributed by atoms with Crippen LogP contribution in [0.25, 0.3) is 85.5 Å². The van der Waals surface area contributed by atoms with E-state index in [-0.39, 0.29) is 33.8 Å². The van der Waals surface area contributed by atoms with Crippen molar-refractivity contribution < 1.29 is 19.1 Å². The summed E-state index contributed by atoms with van der Waals surface area (Å²) in [5.74, 6) is 2.57. The van der Waals surface area contributed by atoms with Crippen molar-refractivity contribution in [2.75, 3.05) is 26.3 Å². The zero-order chi connectivity index (χ0) is 77.5. The molecular formula is C95H116N6O6S4. The summed E-state index contributed by atoms with van der Waals surface area (Å²) in [5.41, 5.74) is 7.99. The second-order valence-electron chi connectivity index (χ2n) is 33.4. The first-order valence-corrected chi connectivity index (χ1v) is 45.8. The summed E-state index contributed by atoms with van der Waals surface area (Å²) in [6.45, 7) is 25.3. The van der Waals surface area contributed by atoms with E-state index in [1.165, 1.54) is 141 Å². The molecule has 0 saturated heterocycles. The molecule has 3 atom stereocenters. The van der Waals surface area contributed by atoms with Crippen molar-refractivity contribution in [3.8, 4) is 21.3 Å². The van der Waals surface area contributed by atoms with Crippen LogP contribution in [-0.4, -0.2) is 66.7 Å². The quantitative estimate of drug-likeness (QED) is 0.0273. The molecule has 0 bridgehead atoms. The van der Waals surface area contributed by atoms with Gasteiger partial charge in [0.15, 0.2) is 0 Å². The highest BCUT2D eigenvalue weighted by Gasteiger charge is 2.49. The molecule has 4 aromatic carbocycles. The van der Waals surface area contributed by atoms with Gasteiger partial charge in [0.05, 0.1) is 51.7 Å². The molecule has 0 saturated carbocycles. The van der Waals surface area contributed by atoms with Gasteiger partial charge in [-0.3, -0.25) is 28.0 Å². The zero-order valence-corrected chi connectivity index (χ0v) is 70.9. The fourth-order valence-electron chi connectivity index (χ4n) is 17.3. The van der Waals surface area contributed by atoms with E-state index < -0.39 is 0 Å². The van der Waals surface area contributed by atoms with Gasteiger partial charge in [0.2, 0.25) is 0 Å². The van der Waals surface area contributed by atoms with E-state index in [9.17, 15) is 4.79 Å². The Balaban J connectivity index is 0.761. The van der Waals surface area contributed by atoms with Gasteiger partial charge in [0.25, 0.3) is 22.9 Å². The Morgan fingerprint density at radius 3 is 1.46 bits per heavy atom. The van der Waals surface area contributed by atoms with E-state index >= 15 is 14.4 Å². The number of carbonyl (C=O) groups excluding carboxylic acids is 2. The first-order valence-electron chi connectivity index (χ1n) is 42.5. The molecule has 0 spiro atoms. The van der Waals surface area contributed by atoms with Crippen LogP contribution >= 0.6 is 45.3 Å². The van der Waals surface area contributed by atoms with Crippen molar-refractivity contribution in [3.63, 3.8) is 0 Å². The molecule has 2 aliphatic heterocycles. The zero-order valence-electron chi connectivity index (χ0n) is 67.6. The molecule has 0 aliphatic carbocycles. The van der Waals surface area contributed by atoms with E-state index in [4.69, 9.17) is 19.4 Å². The van der Waals surface area contributed by atoms with Gasteiger partial charge < -0.3 is 19.3 Å². The molecule has 12 aromatic rings. The minimum absolute atomic E-state index is 0.0402. The molecule has 8 aromatic heterocycles. The van der Waals surface area contributed by atoms with Crippen molar-refractivity contribution in [3.05, 3.63) is 172 Å². The Kier molecular flexibility index (Phi) is 25.7. The van der Waals surface area contributed by atoms with Crippen LogP contribution < -0.4 is 20.6 Å². The van der Waals surface area contributed by atoms with Crippen LogP contribution in [0.15, 0.2) is 129 Å². The fourth-order valence-corrected chi connectivity index (χ4v) is 21.7. The number of aromatic nitrogens is 4. The minimum atomic E-state index is -0.194. The number of benzene rings is 4. The van der Waals surface area contributed by atoms with E-state index in [2.05, 4.69) is 166 Å². The number of pyridine rings is 2. The Bertz CT molecular complexity index is 5410. The fraction of sp³-hybridized carbons (Fsp3) is 0.495. The number of hydrogen-bond donors (Lipinski definition) is 0. The van der Waals surface area contributed by atoms with Gasteiger partial charge >= 0.3 is 0 Å².